The molecule has 0 bridgehead atoms. The molecule has 0 fully saturated rings. The van der Waals surface area contributed by atoms with Gasteiger partial charge in [-0.3, -0.25) is 10.1 Å². The van der Waals surface area contributed by atoms with Gasteiger partial charge in [-0.15, -0.1) is 0 Å². The molecule has 0 saturated carbocycles. The van der Waals surface area contributed by atoms with E-state index in [-0.39, 0.29) is 16.4 Å². The zero-order chi connectivity index (χ0) is 18.9. The SMILES string of the molecule is Cc1cc(NC(=O)[C@H](C)Sc2nc(C(F)(F)F)nc3ccccc23)on1. The van der Waals surface area contributed by atoms with Crippen LogP contribution in [0.25, 0.3) is 10.9 Å². The summed E-state index contributed by atoms with van der Waals surface area (Å²) in [7, 11) is 0. The Morgan fingerprint density at radius 3 is 2.65 bits per heavy atom. The van der Waals surface area contributed by atoms with Gasteiger partial charge in [-0.2, -0.15) is 13.2 Å². The number of hydrogen-bond acceptors (Lipinski definition) is 6. The molecule has 136 valence electrons. The fourth-order valence-corrected chi connectivity index (χ4v) is 3.07. The van der Waals surface area contributed by atoms with E-state index in [0.717, 1.165) is 11.8 Å². The first-order valence-electron chi connectivity index (χ1n) is 7.49. The number of anilines is 1. The third-order valence-electron chi connectivity index (χ3n) is 3.35. The van der Waals surface area contributed by atoms with Crippen LogP contribution in [0.1, 0.15) is 18.4 Å². The third kappa shape index (κ3) is 3.96. The second kappa shape index (κ2) is 6.94. The maximum Gasteiger partial charge on any atom is 0.451 e. The van der Waals surface area contributed by atoms with Crippen LogP contribution in [-0.4, -0.2) is 26.3 Å². The lowest BCUT2D eigenvalue weighted by Crippen LogP contribution is -2.22. The van der Waals surface area contributed by atoms with Gasteiger partial charge in [0.05, 0.1) is 16.5 Å². The van der Waals surface area contributed by atoms with Gasteiger partial charge < -0.3 is 4.52 Å². The van der Waals surface area contributed by atoms with E-state index in [4.69, 9.17) is 4.52 Å². The summed E-state index contributed by atoms with van der Waals surface area (Å²) < 4.78 is 44.0. The van der Waals surface area contributed by atoms with Crippen LogP contribution in [0, 0.1) is 6.92 Å². The van der Waals surface area contributed by atoms with Crippen molar-refractivity contribution in [2.45, 2.75) is 30.3 Å². The van der Waals surface area contributed by atoms with E-state index in [9.17, 15) is 18.0 Å². The molecule has 2 heterocycles. The minimum Gasteiger partial charge on any atom is -0.338 e. The van der Waals surface area contributed by atoms with Gasteiger partial charge in [0.1, 0.15) is 5.03 Å². The number of nitrogens with one attached hydrogen (secondary N) is 1. The number of para-hydroxylation sites is 1. The molecule has 1 N–H and O–H groups in total. The maximum atomic E-state index is 13.0. The summed E-state index contributed by atoms with van der Waals surface area (Å²) in [5, 5.41) is 5.98. The summed E-state index contributed by atoms with van der Waals surface area (Å²) in [6.45, 7) is 3.26. The minimum absolute atomic E-state index is 0.0827. The molecule has 0 spiro atoms. The molecule has 1 aromatic carbocycles. The number of nitrogens with zero attached hydrogens (tertiary/aromatic N) is 3. The molecule has 3 rings (SSSR count). The first-order valence-corrected chi connectivity index (χ1v) is 8.37. The second-order valence-corrected chi connectivity index (χ2v) is 6.78. The number of carbonyl (C=O) groups is 1. The number of alkyl halides is 3. The highest BCUT2D eigenvalue weighted by Crippen LogP contribution is 2.33. The van der Waals surface area contributed by atoms with Crippen LogP contribution in [0.2, 0.25) is 0 Å². The van der Waals surface area contributed by atoms with Crippen molar-refractivity contribution in [2.75, 3.05) is 5.32 Å². The van der Waals surface area contributed by atoms with Crippen molar-refractivity contribution in [3.8, 4) is 0 Å². The minimum atomic E-state index is -4.68. The molecule has 1 atom stereocenters. The van der Waals surface area contributed by atoms with Crippen molar-refractivity contribution in [3.05, 3.63) is 41.9 Å². The Morgan fingerprint density at radius 2 is 2.00 bits per heavy atom. The fourth-order valence-electron chi connectivity index (χ4n) is 2.13. The van der Waals surface area contributed by atoms with E-state index in [1.165, 1.54) is 12.1 Å². The van der Waals surface area contributed by atoms with Crippen molar-refractivity contribution < 1.29 is 22.5 Å². The van der Waals surface area contributed by atoms with Crippen LogP contribution >= 0.6 is 11.8 Å². The van der Waals surface area contributed by atoms with Crippen molar-refractivity contribution in [1.82, 2.24) is 15.1 Å². The van der Waals surface area contributed by atoms with E-state index in [1.807, 2.05) is 0 Å². The van der Waals surface area contributed by atoms with E-state index in [0.29, 0.717) is 11.1 Å². The Labute approximate surface area is 150 Å². The lowest BCUT2D eigenvalue weighted by Gasteiger charge is -2.13. The van der Waals surface area contributed by atoms with Gasteiger partial charge in [-0.05, 0) is 19.9 Å². The van der Waals surface area contributed by atoms with Crippen molar-refractivity contribution in [3.63, 3.8) is 0 Å². The Kier molecular flexibility index (Phi) is 4.86. The number of aryl methyl sites for hydroxylation is 1. The summed E-state index contributed by atoms with van der Waals surface area (Å²) in [6, 6.07) is 7.88. The Balaban J connectivity index is 1.88. The van der Waals surface area contributed by atoms with Crippen molar-refractivity contribution in [1.29, 1.82) is 0 Å². The molecule has 0 saturated heterocycles. The number of aromatic nitrogens is 3. The van der Waals surface area contributed by atoms with Gasteiger partial charge in [0.25, 0.3) is 0 Å². The van der Waals surface area contributed by atoms with E-state index >= 15 is 0 Å². The largest absolute Gasteiger partial charge is 0.451 e. The average molecular weight is 382 g/mol. The highest BCUT2D eigenvalue weighted by molar-refractivity contribution is 8.00. The zero-order valence-electron chi connectivity index (χ0n) is 13.7. The molecule has 10 heteroatoms. The molecule has 0 aliphatic heterocycles. The number of benzene rings is 1. The van der Waals surface area contributed by atoms with Crippen LogP contribution in [0.4, 0.5) is 19.1 Å². The topological polar surface area (TPSA) is 80.9 Å². The van der Waals surface area contributed by atoms with Crippen LogP contribution in [0.5, 0.6) is 0 Å². The van der Waals surface area contributed by atoms with Crippen LogP contribution in [0.15, 0.2) is 39.9 Å². The van der Waals surface area contributed by atoms with Gasteiger partial charge in [-0.1, -0.05) is 35.1 Å². The molecule has 0 radical (unpaired) electrons. The highest BCUT2D eigenvalue weighted by Gasteiger charge is 2.36. The van der Waals surface area contributed by atoms with Crippen molar-refractivity contribution in [2.24, 2.45) is 0 Å². The monoisotopic (exact) mass is 382 g/mol. The summed E-state index contributed by atoms with van der Waals surface area (Å²) in [6.07, 6.45) is -4.68. The molecule has 0 aliphatic rings. The average Bonchev–Trinajstić information content (AvgIpc) is 2.98. The van der Waals surface area contributed by atoms with Gasteiger partial charge >= 0.3 is 6.18 Å². The standard InChI is InChI=1S/C16H13F3N4O2S/c1-8-7-12(25-23-8)21-13(24)9(2)26-14-10-5-3-4-6-11(10)20-15(22-14)16(17,18)19/h3-7,9H,1-2H3,(H,21,24)/t9-/m0/s1. The summed E-state index contributed by atoms with van der Waals surface area (Å²) in [5.41, 5.74) is 0.757. The van der Waals surface area contributed by atoms with Crippen LogP contribution < -0.4 is 5.32 Å². The fraction of sp³-hybridized carbons (Fsp3) is 0.250. The van der Waals surface area contributed by atoms with Gasteiger partial charge in [0, 0.05) is 11.5 Å². The number of halogens is 3. The Hall–Kier alpha value is -2.62. The third-order valence-corrected chi connectivity index (χ3v) is 4.46. The molecular weight excluding hydrogens is 369 g/mol. The summed E-state index contributed by atoms with van der Waals surface area (Å²) in [4.78, 5) is 19.4. The Bertz CT molecular complexity index is 958. The first kappa shape index (κ1) is 18.2. The molecule has 3 aromatic rings. The van der Waals surface area contributed by atoms with Crippen LogP contribution in [-0.2, 0) is 11.0 Å². The smallest absolute Gasteiger partial charge is 0.338 e. The van der Waals surface area contributed by atoms with Gasteiger partial charge in [0.15, 0.2) is 0 Å². The lowest BCUT2D eigenvalue weighted by atomic mass is 10.2. The second-order valence-electron chi connectivity index (χ2n) is 5.45. The molecule has 0 unspecified atom stereocenters. The number of hydrogen-bond donors (Lipinski definition) is 1. The van der Waals surface area contributed by atoms with E-state index in [2.05, 4.69) is 20.4 Å². The molecule has 2 aromatic heterocycles. The summed E-state index contributed by atoms with van der Waals surface area (Å²) >= 11 is 0.912. The number of thioether (sulfide) groups is 1. The number of carbonyl (C=O) groups excluding carboxylic acids is 1. The molecule has 0 aliphatic carbocycles. The molecule has 6 nitrogen and oxygen atoms in total. The Morgan fingerprint density at radius 1 is 1.27 bits per heavy atom. The van der Waals surface area contributed by atoms with Gasteiger partial charge in [0.2, 0.25) is 17.6 Å². The number of fused-ring (bicyclic) bond motifs is 1. The van der Waals surface area contributed by atoms with Crippen LogP contribution in [0.3, 0.4) is 0 Å². The zero-order valence-corrected chi connectivity index (χ0v) is 14.5. The van der Waals surface area contributed by atoms with E-state index in [1.54, 1.807) is 32.0 Å². The highest BCUT2D eigenvalue weighted by atomic mass is 32.2. The normalized spacial score (nSPS) is 13.0. The molecular formula is C16H13F3N4O2S. The number of rotatable bonds is 4. The predicted molar refractivity (Wildman–Crippen MR) is 89.7 cm³/mol. The number of amides is 1. The first-order chi connectivity index (χ1) is 12.2. The van der Waals surface area contributed by atoms with Crippen molar-refractivity contribution >= 4 is 34.5 Å². The van der Waals surface area contributed by atoms with Gasteiger partial charge in [-0.25, -0.2) is 9.97 Å². The van der Waals surface area contributed by atoms with E-state index < -0.39 is 23.2 Å². The predicted octanol–water partition coefficient (Wildman–Crippen LogP) is 4.06. The lowest BCUT2D eigenvalue weighted by molar-refractivity contribution is -0.145. The molecule has 1 amide bonds. The quantitative estimate of drug-likeness (QED) is 0.541. The molecule has 26 heavy (non-hydrogen) atoms. The summed E-state index contributed by atoms with van der Waals surface area (Å²) in [5.74, 6) is -1.51. The maximum absolute atomic E-state index is 13.0.